The standard InChI is InChI=1S/C10H14N2/c11-12-8-4-7-10(12)9-5-2-1-3-6-9/h1-3,5-6,10H,4,7-8,11H2/t10-/m0/s1. The molecule has 2 rings (SSSR count). The first-order valence-electron chi connectivity index (χ1n) is 4.44. The van der Waals surface area contributed by atoms with Gasteiger partial charge in [-0.2, -0.15) is 0 Å². The minimum absolute atomic E-state index is 0.450. The van der Waals surface area contributed by atoms with Gasteiger partial charge in [-0.1, -0.05) is 30.3 Å². The molecule has 0 radical (unpaired) electrons. The van der Waals surface area contributed by atoms with Crippen LogP contribution in [-0.2, 0) is 0 Å². The van der Waals surface area contributed by atoms with E-state index in [4.69, 9.17) is 5.84 Å². The fourth-order valence-corrected chi connectivity index (χ4v) is 1.82. The van der Waals surface area contributed by atoms with Crippen LogP contribution in [0.1, 0.15) is 24.4 Å². The summed E-state index contributed by atoms with van der Waals surface area (Å²) in [5.74, 6) is 5.84. The Morgan fingerprint density at radius 3 is 2.58 bits per heavy atom. The molecule has 1 saturated heterocycles. The van der Waals surface area contributed by atoms with Gasteiger partial charge in [0.25, 0.3) is 0 Å². The summed E-state index contributed by atoms with van der Waals surface area (Å²) < 4.78 is 0. The summed E-state index contributed by atoms with van der Waals surface area (Å²) in [6.45, 7) is 1.03. The molecule has 0 saturated carbocycles. The molecule has 0 aliphatic carbocycles. The molecule has 0 bridgehead atoms. The molecule has 1 fully saturated rings. The Morgan fingerprint density at radius 1 is 1.25 bits per heavy atom. The maximum atomic E-state index is 5.84. The zero-order valence-electron chi connectivity index (χ0n) is 7.11. The summed E-state index contributed by atoms with van der Waals surface area (Å²) in [4.78, 5) is 0. The van der Waals surface area contributed by atoms with E-state index in [2.05, 4.69) is 24.3 Å². The van der Waals surface area contributed by atoms with Gasteiger partial charge in [0.15, 0.2) is 0 Å². The lowest BCUT2D eigenvalue weighted by Crippen LogP contribution is -2.29. The largest absolute Gasteiger partial charge is 0.268 e. The molecule has 1 aliphatic rings. The summed E-state index contributed by atoms with van der Waals surface area (Å²) in [5.41, 5.74) is 1.34. The molecule has 2 N–H and O–H groups in total. The quantitative estimate of drug-likeness (QED) is 0.637. The summed E-state index contributed by atoms with van der Waals surface area (Å²) in [6.07, 6.45) is 2.41. The Morgan fingerprint density at radius 2 is 2.00 bits per heavy atom. The highest BCUT2D eigenvalue weighted by atomic mass is 15.4. The molecule has 1 atom stereocenters. The topological polar surface area (TPSA) is 29.3 Å². The molecule has 0 spiro atoms. The number of rotatable bonds is 1. The van der Waals surface area contributed by atoms with Crippen LogP contribution >= 0.6 is 0 Å². The lowest BCUT2D eigenvalue weighted by molar-refractivity contribution is 0.266. The second-order valence-electron chi connectivity index (χ2n) is 3.31. The first-order chi connectivity index (χ1) is 5.88. The van der Waals surface area contributed by atoms with Crippen LogP contribution in [0.4, 0.5) is 0 Å². The molecule has 1 heterocycles. The Hall–Kier alpha value is -0.860. The van der Waals surface area contributed by atoms with Crippen LogP contribution in [0.3, 0.4) is 0 Å². The molecule has 12 heavy (non-hydrogen) atoms. The summed E-state index contributed by atoms with van der Waals surface area (Å²) in [7, 11) is 0. The lowest BCUT2D eigenvalue weighted by Gasteiger charge is -2.18. The second-order valence-corrected chi connectivity index (χ2v) is 3.31. The van der Waals surface area contributed by atoms with E-state index in [1.807, 2.05) is 11.1 Å². The molecule has 0 amide bonds. The van der Waals surface area contributed by atoms with E-state index in [9.17, 15) is 0 Å². The number of nitrogens with two attached hydrogens (primary N) is 1. The van der Waals surface area contributed by atoms with Gasteiger partial charge in [-0.15, -0.1) is 0 Å². The normalized spacial score (nSPS) is 24.6. The molecule has 0 unspecified atom stereocenters. The number of benzene rings is 1. The van der Waals surface area contributed by atoms with Crippen molar-refractivity contribution in [3.63, 3.8) is 0 Å². The second kappa shape index (κ2) is 3.25. The van der Waals surface area contributed by atoms with Crippen molar-refractivity contribution in [2.45, 2.75) is 18.9 Å². The van der Waals surface area contributed by atoms with Gasteiger partial charge in [-0.25, -0.2) is 5.01 Å². The Bertz CT molecular complexity index is 245. The van der Waals surface area contributed by atoms with Crippen molar-refractivity contribution < 1.29 is 0 Å². The van der Waals surface area contributed by atoms with Gasteiger partial charge in [0.05, 0.1) is 0 Å². The van der Waals surface area contributed by atoms with E-state index in [-0.39, 0.29) is 0 Å². The number of hydrogen-bond donors (Lipinski definition) is 1. The molecule has 0 aromatic heterocycles. The van der Waals surface area contributed by atoms with Crippen LogP contribution in [0.25, 0.3) is 0 Å². The monoisotopic (exact) mass is 162 g/mol. The third-order valence-corrected chi connectivity index (χ3v) is 2.48. The van der Waals surface area contributed by atoms with Crippen molar-refractivity contribution in [1.82, 2.24) is 5.01 Å². The van der Waals surface area contributed by atoms with Crippen molar-refractivity contribution >= 4 is 0 Å². The van der Waals surface area contributed by atoms with Crippen LogP contribution in [0.2, 0.25) is 0 Å². The zero-order chi connectivity index (χ0) is 8.39. The van der Waals surface area contributed by atoms with Crippen LogP contribution in [-0.4, -0.2) is 11.6 Å². The van der Waals surface area contributed by atoms with Gasteiger partial charge in [0.2, 0.25) is 0 Å². The molecular weight excluding hydrogens is 148 g/mol. The van der Waals surface area contributed by atoms with Gasteiger partial charge in [-0.05, 0) is 18.4 Å². The fourth-order valence-electron chi connectivity index (χ4n) is 1.82. The van der Waals surface area contributed by atoms with E-state index in [1.54, 1.807) is 0 Å². The predicted octanol–water partition coefficient (Wildman–Crippen LogP) is 1.70. The van der Waals surface area contributed by atoms with Crippen molar-refractivity contribution in [1.29, 1.82) is 0 Å². The zero-order valence-corrected chi connectivity index (χ0v) is 7.11. The van der Waals surface area contributed by atoms with Gasteiger partial charge < -0.3 is 0 Å². The third kappa shape index (κ3) is 1.36. The van der Waals surface area contributed by atoms with Crippen molar-refractivity contribution in [2.24, 2.45) is 5.84 Å². The van der Waals surface area contributed by atoms with Crippen LogP contribution in [0, 0.1) is 0 Å². The Kier molecular flexibility index (Phi) is 2.11. The highest BCUT2D eigenvalue weighted by molar-refractivity contribution is 5.19. The van der Waals surface area contributed by atoms with Gasteiger partial charge in [0.1, 0.15) is 0 Å². The molecule has 1 aromatic carbocycles. The molecule has 64 valence electrons. The number of hydrazine groups is 1. The Balaban J connectivity index is 2.19. The highest BCUT2D eigenvalue weighted by Gasteiger charge is 2.22. The summed E-state index contributed by atoms with van der Waals surface area (Å²) >= 11 is 0. The molecule has 2 nitrogen and oxygen atoms in total. The molecular formula is C10H14N2. The Labute approximate surface area is 73.0 Å². The summed E-state index contributed by atoms with van der Waals surface area (Å²) in [6, 6.07) is 10.9. The molecule has 1 aromatic rings. The molecule has 2 heteroatoms. The van der Waals surface area contributed by atoms with E-state index in [0.717, 1.165) is 6.54 Å². The van der Waals surface area contributed by atoms with Crippen LogP contribution in [0.15, 0.2) is 30.3 Å². The number of nitrogens with zero attached hydrogens (tertiary/aromatic N) is 1. The first kappa shape index (κ1) is 7.77. The van der Waals surface area contributed by atoms with Crippen LogP contribution in [0.5, 0.6) is 0 Å². The average Bonchev–Trinajstić information content (AvgIpc) is 2.53. The minimum Gasteiger partial charge on any atom is -0.268 e. The van der Waals surface area contributed by atoms with Crippen LogP contribution < -0.4 is 5.84 Å². The fraction of sp³-hybridized carbons (Fsp3) is 0.400. The maximum absolute atomic E-state index is 5.84. The molecule has 1 aliphatic heterocycles. The minimum atomic E-state index is 0.450. The predicted molar refractivity (Wildman–Crippen MR) is 49.3 cm³/mol. The lowest BCUT2D eigenvalue weighted by atomic mass is 10.1. The maximum Gasteiger partial charge on any atom is 0.0491 e. The average molecular weight is 162 g/mol. The highest BCUT2D eigenvalue weighted by Crippen LogP contribution is 2.28. The number of hydrogen-bond acceptors (Lipinski definition) is 2. The van der Waals surface area contributed by atoms with E-state index in [1.165, 1.54) is 18.4 Å². The summed E-state index contributed by atoms with van der Waals surface area (Å²) in [5, 5.41) is 1.94. The van der Waals surface area contributed by atoms with Crippen molar-refractivity contribution in [3.05, 3.63) is 35.9 Å². The van der Waals surface area contributed by atoms with Gasteiger partial charge >= 0.3 is 0 Å². The third-order valence-electron chi connectivity index (χ3n) is 2.48. The SMILES string of the molecule is NN1CCC[C@H]1c1ccccc1. The van der Waals surface area contributed by atoms with E-state index >= 15 is 0 Å². The van der Waals surface area contributed by atoms with E-state index < -0.39 is 0 Å². The van der Waals surface area contributed by atoms with Gasteiger partial charge in [-0.3, -0.25) is 5.84 Å². The first-order valence-corrected chi connectivity index (χ1v) is 4.44. The van der Waals surface area contributed by atoms with E-state index in [0.29, 0.717) is 6.04 Å². The smallest absolute Gasteiger partial charge is 0.0491 e. The van der Waals surface area contributed by atoms with Crippen molar-refractivity contribution in [3.8, 4) is 0 Å². The van der Waals surface area contributed by atoms with Gasteiger partial charge in [0, 0.05) is 12.6 Å². The van der Waals surface area contributed by atoms with Crippen molar-refractivity contribution in [2.75, 3.05) is 6.54 Å².